The van der Waals surface area contributed by atoms with Crippen molar-refractivity contribution in [1.82, 2.24) is 0 Å². The van der Waals surface area contributed by atoms with Crippen molar-refractivity contribution in [3.05, 3.63) is 35.9 Å². The summed E-state index contributed by atoms with van der Waals surface area (Å²) in [6.07, 6.45) is 2.82. The number of hydrogen-bond acceptors (Lipinski definition) is 5. The van der Waals surface area contributed by atoms with Crippen LogP contribution < -0.4 is 4.90 Å². The highest BCUT2D eigenvalue weighted by Gasteiger charge is 2.10. The topological polar surface area (TPSA) is 55.8 Å². The summed E-state index contributed by atoms with van der Waals surface area (Å²) in [7, 11) is 3.65. The minimum Gasteiger partial charge on any atom is -0.460 e. The zero-order valence-corrected chi connectivity index (χ0v) is 12.7. The van der Waals surface area contributed by atoms with Crippen molar-refractivity contribution in [2.24, 2.45) is 0 Å². The van der Waals surface area contributed by atoms with Gasteiger partial charge in [0.05, 0.1) is 13.2 Å². The summed E-state index contributed by atoms with van der Waals surface area (Å²) in [5, 5.41) is 0. The number of esters is 1. The van der Waals surface area contributed by atoms with Gasteiger partial charge in [-0.2, -0.15) is 0 Å². The van der Waals surface area contributed by atoms with Crippen LogP contribution in [0.4, 0.5) is 5.69 Å². The number of likely N-dealkylation sites (N-methyl/N-ethyl adjacent to an activating group) is 1. The van der Waals surface area contributed by atoms with Crippen LogP contribution in [0.5, 0.6) is 0 Å². The molecule has 0 saturated heterocycles. The lowest BCUT2D eigenvalue weighted by Gasteiger charge is -2.18. The number of ether oxygens (including phenoxy) is 2. The Kier molecular flexibility index (Phi) is 7.18. The Hall–Kier alpha value is -2.14. The van der Waals surface area contributed by atoms with Crippen molar-refractivity contribution >= 4 is 23.5 Å². The second-order valence-electron chi connectivity index (χ2n) is 4.42. The van der Waals surface area contributed by atoms with Gasteiger partial charge in [0, 0.05) is 26.4 Å². The van der Waals surface area contributed by atoms with Crippen molar-refractivity contribution in [3.8, 4) is 0 Å². The molecule has 0 radical (unpaired) electrons. The largest absolute Gasteiger partial charge is 0.460 e. The highest BCUT2D eigenvalue weighted by Crippen LogP contribution is 2.14. The van der Waals surface area contributed by atoms with Crippen molar-refractivity contribution < 1.29 is 19.1 Å². The van der Waals surface area contributed by atoms with E-state index in [0.717, 1.165) is 17.8 Å². The Bertz CT molecular complexity index is 494. The van der Waals surface area contributed by atoms with Crippen LogP contribution in [0.1, 0.15) is 12.5 Å². The van der Waals surface area contributed by atoms with Crippen molar-refractivity contribution in [2.75, 3.05) is 38.8 Å². The van der Waals surface area contributed by atoms with Gasteiger partial charge in [-0.25, -0.2) is 4.79 Å². The number of nitrogens with zero attached hydrogens (tertiary/aromatic N) is 1. The number of benzene rings is 1. The van der Waals surface area contributed by atoms with E-state index >= 15 is 0 Å². The number of hydrogen-bond donors (Lipinski definition) is 0. The van der Waals surface area contributed by atoms with E-state index in [-0.39, 0.29) is 6.61 Å². The van der Waals surface area contributed by atoms with Crippen LogP contribution in [-0.2, 0) is 19.1 Å². The predicted octanol–water partition coefficient (Wildman–Crippen LogP) is 1.91. The zero-order valence-electron chi connectivity index (χ0n) is 12.7. The van der Waals surface area contributed by atoms with Crippen LogP contribution in [0.15, 0.2) is 30.3 Å². The van der Waals surface area contributed by atoms with E-state index in [2.05, 4.69) is 9.64 Å². The molecule has 0 aliphatic heterocycles. The van der Waals surface area contributed by atoms with Gasteiger partial charge < -0.3 is 14.4 Å². The fourth-order valence-corrected chi connectivity index (χ4v) is 1.64. The SMILES string of the molecule is CCOC(=O)C(=O)/C=C/c1ccc(N(C)CCOC)cc1. The second-order valence-corrected chi connectivity index (χ2v) is 4.42. The molecule has 0 aliphatic rings. The number of carbonyl (C=O) groups excluding carboxylic acids is 2. The first-order chi connectivity index (χ1) is 10.1. The molecule has 1 aromatic rings. The molecule has 21 heavy (non-hydrogen) atoms. The maximum Gasteiger partial charge on any atom is 0.379 e. The number of carbonyl (C=O) groups is 2. The third-order valence-electron chi connectivity index (χ3n) is 2.87. The Morgan fingerprint density at radius 3 is 2.48 bits per heavy atom. The lowest BCUT2D eigenvalue weighted by molar-refractivity contribution is -0.151. The van der Waals surface area contributed by atoms with E-state index in [4.69, 9.17) is 4.74 Å². The summed E-state index contributed by atoms with van der Waals surface area (Å²) in [5.41, 5.74) is 1.90. The number of rotatable bonds is 8. The molecule has 0 saturated carbocycles. The molecule has 0 N–H and O–H groups in total. The fraction of sp³-hybridized carbons (Fsp3) is 0.375. The Labute approximate surface area is 125 Å². The first kappa shape index (κ1) is 16.9. The standard InChI is InChI=1S/C16H21NO4/c1-4-21-16(19)15(18)10-7-13-5-8-14(9-6-13)17(2)11-12-20-3/h5-10H,4,11-12H2,1-3H3/b10-7+. The van der Waals surface area contributed by atoms with Crippen LogP contribution >= 0.6 is 0 Å². The van der Waals surface area contributed by atoms with Crippen LogP contribution in [0.2, 0.25) is 0 Å². The number of anilines is 1. The molecule has 1 rings (SSSR count). The van der Waals surface area contributed by atoms with Gasteiger partial charge >= 0.3 is 5.97 Å². The average Bonchev–Trinajstić information content (AvgIpc) is 2.51. The van der Waals surface area contributed by atoms with E-state index in [0.29, 0.717) is 6.61 Å². The minimum atomic E-state index is -0.829. The molecular formula is C16H21NO4. The number of methoxy groups -OCH3 is 1. The van der Waals surface area contributed by atoms with Gasteiger partial charge in [0.15, 0.2) is 0 Å². The van der Waals surface area contributed by atoms with Crippen molar-refractivity contribution in [2.45, 2.75) is 6.92 Å². The highest BCUT2D eigenvalue weighted by atomic mass is 16.5. The Morgan fingerprint density at radius 1 is 1.24 bits per heavy atom. The van der Waals surface area contributed by atoms with Gasteiger partial charge in [0.25, 0.3) is 5.78 Å². The first-order valence-electron chi connectivity index (χ1n) is 6.77. The summed E-state index contributed by atoms with van der Waals surface area (Å²) in [6.45, 7) is 3.31. The molecule has 0 unspecified atom stereocenters. The van der Waals surface area contributed by atoms with Crippen molar-refractivity contribution in [3.63, 3.8) is 0 Å². The minimum absolute atomic E-state index is 0.195. The van der Waals surface area contributed by atoms with Crippen LogP contribution in [0.25, 0.3) is 6.08 Å². The molecule has 0 amide bonds. The molecule has 0 bridgehead atoms. The third kappa shape index (κ3) is 5.79. The molecule has 5 heteroatoms. The molecular weight excluding hydrogens is 270 g/mol. The lowest BCUT2D eigenvalue weighted by Crippen LogP contribution is -2.21. The quantitative estimate of drug-likeness (QED) is 0.416. The molecule has 0 spiro atoms. The van der Waals surface area contributed by atoms with E-state index in [1.807, 2.05) is 31.3 Å². The van der Waals surface area contributed by atoms with E-state index in [1.165, 1.54) is 6.08 Å². The van der Waals surface area contributed by atoms with E-state index in [1.54, 1.807) is 20.1 Å². The van der Waals surface area contributed by atoms with Gasteiger partial charge in [-0.3, -0.25) is 4.79 Å². The Morgan fingerprint density at radius 2 is 1.90 bits per heavy atom. The fourth-order valence-electron chi connectivity index (χ4n) is 1.64. The third-order valence-corrected chi connectivity index (χ3v) is 2.87. The molecule has 5 nitrogen and oxygen atoms in total. The second kappa shape index (κ2) is 8.92. The molecule has 114 valence electrons. The van der Waals surface area contributed by atoms with Crippen molar-refractivity contribution in [1.29, 1.82) is 0 Å². The summed E-state index contributed by atoms with van der Waals surface area (Å²) < 4.78 is 9.65. The first-order valence-corrected chi connectivity index (χ1v) is 6.77. The molecule has 1 aromatic carbocycles. The molecule has 0 aromatic heterocycles. The van der Waals surface area contributed by atoms with E-state index < -0.39 is 11.8 Å². The number of ketones is 1. The smallest absolute Gasteiger partial charge is 0.379 e. The summed E-state index contributed by atoms with van der Waals surface area (Å²) in [6, 6.07) is 7.66. The molecule has 0 fully saturated rings. The van der Waals surface area contributed by atoms with Gasteiger partial charge in [-0.1, -0.05) is 18.2 Å². The normalized spacial score (nSPS) is 10.6. The van der Waals surface area contributed by atoms with Gasteiger partial charge in [0.2, 0.25) is 0 Å². The maximum atomic E-state index is 11.4. The molecule has 0 atom stereocenters. The van der Waals surface area contributed by atoms with Crippen LogP contribution in [0.3, 0.4) is 0 Å². The monoisotopic (exact) mass is 291 g/mol. The summed E-state index contributed by atoms with van der Waals surface area (Å²) >= 11 is 0. The average molecular weight is 291 g/mol. The van der Waals surface area contributed by atoms with Crippen LogP contribution in [-0.4, -0.2) is 45.7 Å². The summed E-state index contributed by atoms with van der Waals surface area (Å²) in [4.78, 5) is 24.7. The van der Waals surface area contributed by atoms with Gasteiger partial charge in [0.1, 0.15) is 0 Å². The van der Waals surface area contributed by atoms with Gasteiger partial charge in [-0.05, 0) is 30.7 Å². The maximum absolute atomic E-state index is 11.4. The van der Waals surface area contributed by atoms with E-state index in [9.17, 15) is 9.59 Å². The summed E-state index contributed by atoms with van der Waals surface area (Å²) in [5.74, 6) is -1.48. The van der Waals surface area contributed by atoms with Crippen LogP contribution in [0, 0.1) is 0 Å². The molecule has 0 heterocycles. The zero-order chi connectivity index (χ0) is 15.7. The predicted molar refractivity (Wildman–Crippen MR) is 82.3 cm³/mol. The lowest BCUT2D eigenvalue weighted by atomic mass is 10.1. The van der Waals surface area contributed by atoms with Gasteiger partial charge in [-0.15, -0.1) is 0 Å². The molecule has 0 aliphatic carbocycles. The highest BCUT2D eigenvalue weighted by molar-refractivity contribution is 6.39. The Balaban J connectivity index is 2.62.